The van der Waals surface area contributed by atoms with Crippen molar-refractivity contribution < 1.29 is 14.3 Å². The number of carbonyl (C=O) groups is 2. The van der Waals surface area contributed by atoms with Gasteiger partial charge in [-0.05, 0) is 47.2 Å². The maximum atomic E-state index is 13.0. The third-order valence-corrected chi connectivity index (χ3v) is 5.23. The summed E-state index contributed by atoms with van der Waals surface area (Å²) in [5, 5.41) is 3.27. The number of ether oxygens (including phenoxy) is 1. The molecular weight excluding hydrogens is 400 g/mol. The van der Waals surface area contributed by atoms with E-state index in [1.165, 1.54) is 5.56 Å². The smallest absolute Gasteiger partial charge is 0.261 e. The van der Waals surface area contributed by atoms with E-state index in [-0.39, 0.29) is 23.8 Å². The van der Waals surface area contributed by atoms with E-state index in [4.69, 9.17) is 16.3 Å². The van der Waals surface area contributed by atoms with Gasteiger partial charge in [0.2, 0.25) is 5.91 Å². The summed E-state index contributed by atoms with van der Waals surface area (Å²) >= 11 is 5.97. The molecule has 0 aliphatic heterocycles. The monoisotopic (exact) mass is 430 g/mol. The molecule has 0 radical (unpaired) electrons. The Morgan fingerprint density at radius 2 is 1.67 bits per heavy atom. The van der Waals surface area contributed by atoms with Gasteiger partial charge in [-0.3, -0.25) is 9.59 Å². The summed E-state index contributed by atoms with van der Waals surface area (Å²) in [6.45, 7) is 8.47. The number of halogens is 1. The highest BCUT2D eigenvalue weighted by molar-refractivity contribution is 6.30. The van der Waals surface area contributed by atoms with Crippen molar-refractivity contribution in [1.82, 2.24) is 10.2 Å². The Balaban J connectivity index is 2.14. The van der Waals surface area contributed by atoms with Gasteiger partial charge < -0.3 is 15.0 Å². The fourth-order valence-electron chi connectivity index (χ4n) is 3.15. The third kappa shape index (κ3) is 6.49. The average molecular weight is 431 g/mol. The van der Waals surface area contributed by atoms with Crippen molar-refractivity contribution in [2.24, 2.45) is 0 Å². The molecule has 162 valence electrons. The van der Waals surface area contributed by atoms with Crippen LogP contribution in [0.25, 0.3) is 0 Å². The van der Waals surface area contributed by atoms with Crippen molar-refractivity contribution in [3.05, 3.63) is 64.7 Å². The molecule has 2 aromatic rings. The maximum Gasteiger partial charge on any atom is 0.261 e. The van der Waals surface area contributed by atoms with Gasteiger partial charge in [-0.1, -0.05) is 63.6 Å². The fraction of sp³-hybridized carbons (Fsp3) is 0.417. The zero-order valence-corrected chi connectivity index (χ0v) is 19.1. The molecule has 0 saturated heterocycles. The first kappa shape index (κ1) is 23.7. The second-order valence-corrected chi connectivity index (χ2v) is 8.69. The maximum absolute atomic E-state index is 13.0. The summed E-state index contributed by atoms with van der Waals surface area (Å²) in [5.41, 5.74) is 2.13. The van der Waals surface area contributed by atoms with Gasteiger partial charge in [0, 0.05) is 18.6 Å². The molecule has 6 heteroatoms. The lowest BCUT2D eigenvalue weighted by Crippen LogP contribution is -2.49. The van der Waals surface area contributed by atoms with E-state index < -0.39 is 6.04 Å². The number of hydrogen-bond donors (Lipinski definition) is 1. The quantitative estimate of drug-likeness (QED) is 0.667. The first-order valence-corrected chi connectivity index (χ1v) is 10.5. The summed E-state index contributed by atoms with van der Waals surface area (Å²) in [7, 11) is 1.57. The lowest BCUT2D eigenvalue weighted by atomic mass is 9.87. The van der Waals surface area contributed by atoms with Crippen molar-refractivity contribution in [3.8, 4) is 5.75 Å². The fourth-order valence-corrected chi connectivity index (χ4v) is 3.28. The SMILES string of the molecule is CCC(C(=O)NC)N(Cc1ccc(Cl)cc1)C(=O)COc1ccc(C(C)(C)C)cc1. The molecule has 1 N–H and O–H groups in total. The lowest BCUT2D eigenvalue weighted by Gasteiger charge is -2.30. The van der Waals surface area contributed by atoms with Gasteiger partial charge in [0.05, 0.1) is 0 Å². The zero-order valence-electron chi connectivity index (χ0n) is 18.4. The Labute approximate surface area is 184 Å². The molecule has 0 spiro atoms. The molecular formula is C24H31ClN2O3. The number of nitrogens with one attached hydrogen (secondary N) is 1. The van der Waals surface area contributed by atoms with Gasteiger partial charge in [0.15, 0.2) is 6.61 Å². The minimum absolute atomic E-state index is 0.0472. The van der Waals surface area contributed by atoms with E-state index in [1.54, 1.807) is 24.1 Å². The van der Waals surface area contributed by atoms with Crippen LogP contribution in [0.3, 0.4) is 0 Å². The van der Waals surface area contributed by atoms with Crippen molar-refractivity contribution in [2.45, 2.75) is 52.1 Å². The summed E-state index contributed by atoms with van der Waals surface area (Å²) in [6.07, 6.45) is 0.499. The summed E-state index contributed by atoms with van der Waals surface area (Å²) in [5.74, 6) is 0.172. The minimum Gasteiger partial charge on any atom is -0.484 e. The van der Waals surface area contributed by atoms with E-state index in [0.717, 1.165) is 5.56 Å². The molecule has 5 nitrogen and oxygen atoms in total. The average Bonchev–Trinajstić information content (AvgIpc) is 2.72. The van der Waals surface area contributed by atoms with E-state index in [0.29, 0.717) is 23.7 Å². The first-order valence-electron chi connectivity index (χ1n) is 10.1. The van der Waals surface area contributed by atoms with Gasteiger partial charge in [0.1, 0.15) is 11.8 Å². The molecule has 2 amide bonds. The van der Waals surface area contributed by atoms with E-state index in [2.05, 4.69) is 26.1 Å². The molecule has 0 aromatic heterocycles. The number of benzene rings is 2. The van der Waals surface area contributed by atoms with Crippen molar-refractivity contribution in [1.29, 1.82) is 0 Å². The molecule has 0 fully saturated rings. The van der Waals surface area contributed by atoms with Crippen LogP contribution in [0.4, 0.5) is 0 Å². The Kier molecular flexibility index (Phi) is 8.30. The second-order valence-electron chi connectivity index (χ2n) is 8.25. The molecule has 0 saturated carbocycles. The van der Waals surface area contributed by atoms with Crippen LogP contribution >= 0.6 is 11.6 Å². The van der Waals surface area contributed by atoms with Crippen molar-refractivity contribution >= 4 is 23.4 Å². The van der Waals surface area contributed by atoms with Gasteiger partial charge in [0.25, 0.3) is 5.91 Å². The van der Waals surface area contributed by atoms with Crippen molar-refractivity contribution in [3.63, 3.8) is 0 Å². The zero-order chi connectivity index (χ0) is 22.3. The van der Waals surface area contributed by atoms with Crippen LogP contribution in [0.5, 0.6) is 5.75 Å². The van der Waals surface area contributed by atoms with Crippen LogP contribution in [0.15, 0.2) is 48.5 Å². The minimum atomic E-state index is -0.579. The Morgan fingerprint density at radius 1 is 1.07 bits per heavy atom. The van der Waals surface area contributed by atoms with Crippen LogP contribution in [-0.4, -0.2) is 36.4 Å². The Bertz CT molecular complexity index is 842. The largest absolute Gasteiger partial charge is 0.484 e. The third-order valence-electron chi connectivity index (χ3n) is 4.98. The van der Waals surface area contributed by atoms with Crippen LogP contribution in [0.2, 0.25) is 5.02 Å². The van der Waals surface area contributed by atoms with Crippen LogP contribution < -0.4 is 10.1 Å². The molecule has 1 atom stereocenters. The number of carbonyl (C=O) groups excluding carboxylic acids is 2. The summed E-state index contributed by atoms with van der Waals surface area (Å²) < 4.78 is 5.74. The van der Waals surface area contributed by atoms with E-state index in [9.17, 15) is 9.59 Å². The number of rotatable bonds is 8. The predicted molar refractivity (Wildman–Crippen MR) is 121 cm³/mol. The van der Waals surface area contributed by atoms with Gasteiger partial charge in [-0.2, -0.15) is 0 Å². The highest BCUT2D eigenvalue weighted by Gasteiger charge is 2.28. The lowest BCUT2D eigenvalue weighted by molar-refractivity contribution is -0.142. The molecule has 30 heavy (non-hydrogen) atoms. The van der Waals surface area contributed by atoms with Gasteiger partial charge >= 0.3 is 0 Å². The van der Waals surface area contributed by atoms with Crippen LogP contribution in [0, 0.1) is 0 Å². The standard InChI is InChI=1S/C24H31ClN2O3/c1-6-21(23(29)26-5)27(15-17-7-11-19(25)12-8-17)22(28)16-30-20-13-9-18(10-14-20)24(2,3)4/h7-14,21H,6,15-16H2,1-5H3,(H,26,29). The Hall–Kier alpha value is -2.53. The van der Waals surface area contributed by atoms with Crippen molar-refractivity contribution in [2.75, 3.05) is 13.7 Å². The van der Waals surface area contributed by atoms with Crippen LogP contribution in [0.1, 0.15) is 45.2 Å². The highest BCUT2D eigenvalue weighted by atomic mass is 35.5. The van der Waals surface area contributed by atoms with Gasteiger partial charge in [-0.25, -0.2) is 0 Å². The molecule has 2 aromatic carbocycles. The summed E-state index contributed by atoms with van der Waals surface area (Å²) in [4.78, 5) is 27.0. The van der Waals surface area contributed by atoms with Gasteiger partial charge in [-0.15, -0.1) is 0 Å². The number of likely N-dealkylation sites (N-methyl/N-ethyl adjacent to an activating group) is 1. The highest BCUT2D eigenvalue weighted by Crippen LogP contribution is 2.24. The summed E-state index contributed by atoms with van der Waals surface area (Å²) in [6, 6.07) is 14.4. The molecule has 1 unspecified atom stereocenters. The second kappa shape index (κ2) is 10.5. The molecule has 0 aliphatic carbocycles. The topological polar surface area (TPSA) is 58.6 Å². The Morgan fingerprint density at radius 3 is 2.17 bits per heavy atom. The molecule has 0 bridgehead atoms. The molecule has 2 rings (SSSR count). The number of nitrogens with zero attached hydrogens (tertiary/aromatic N) is 1. The molecule has 0 aliphatic rings. The molecule has 0 heterocycles. The number of hydrogen-bond acceptors (Lipinski definition) is 3. The predicted octanol–water partition coefficient (Wildman–Crippen LogP) is 4.57. The van der Waals surface area contributed by atoms with E-state index in [1.807, 2.05) is 43.3 Å². The normalized spacial score (nSPS) is 12.2. The van der Waals surface area contributed by atoms with Crippen LogP contribution in [-0.2, 0) is 21.5 Å². The number of amides is 2. The van der Waals surface area contributed by atoms with E-state index >= 15 is 0 Å². The first-order chi connectivity index (χ1) is 14.2.